The zero-order valence-electron chi connectivity index (χ0n) is 15.8. The van der Waals surface area contributed by atoms with E-state index in [9.17, 15) is 9.59 Å². The van der Waals surface area contributed by atoms with Gasteiger partial charge in [-0.2, -0.15) is 0 Å². The second kappa shape index (κ2) is 8.13. The molecule has 0 radical (unpaired) electrons. The van der Waals surface area contributed by atoms with Crippen LogP contribution >= 0.6 is 24.0 Å². The first-order valence-electron chi connectivity index (χ1n) is 8.27. The standard InChI is InChI=1S/C18H26ClN3O3.ClH/c1-6-25-14-10-18(20,17(14,2)3)16(24)21-11-7-8-13(19)12(9-11)15(23)22(4)5;/h7-9,14H,6,10,20H2,1-5H3,(H,21,24);1H. The average molecular weight is 404 g/mol. The van der Waals surface area contributed by atoms with E-state index >= 15 is 0 Å². The molecule has 1 aromatic carbocycles. The summed E-state index contributed by atoms with van der Waals surface area (Å²) in [6, 6.07) is 4.81. The number of hydrogen-bond acceptors (Lipinski definition) is 4. The molecular formula is C18H27Cl2N3O3. The Morgan fingerprint density at radius 1 is 1.38 bits per heavy atom. The van der Waals surface area contributed by atoms with Crippen molar-refractivity contribution in [3.63, 3.8) is 0 Å². The Morgan fingerprint density at radius 3 is 2.50 bits per heavy atom. The topological polar surface area (TPSA) is 84.7 Å². The van der Waals surface area contributed by atoms with Gasteiger partial charge in [0.05, 0.1) is 16.7 Å². The molecule has 0 saturated heterocycles. The lowest BCUT2D eigenvalue weighted by Crippen LogP contribution is -2.74. The van der Waals surface area contributed by atoms with Crippen molar-refractivity contribution in [1.29, 1.82) is 0 Å². The Morgan fingerprint density at radius 2 is 2.00 bits per heavy atom. The summed E-state index contributed by atoms with van der Waals surface area (Å²) in [5.74, 6) is -0.525. The molecule has 3 N–H and O–H groups in total. The second-order valence-corrected chi connectivity index (χ2v) is 7.60. The molecule has 146 valence electrons. The average Bonchev–Trinajstić information content (AvgIpc) is 2.55. The van der Waals surface area contributed by atoms with Crippen LogP contribution in [0.2, 0.25) is 5.02 Å². The van der Waals surface area contributed by atoms with E-state index in [1.165, 1.54) is 4.90 Å². The van der Waals surface area contributed by atoms with Gasteiger partial charge in [0.25, 0.3) is 5.91 Å². The van der Waals surface area contributed by atoms with Crippen LogP contribution in [-0.4, -0.2) is 49.1 Å². The molecule has 0 bridgehead atoms. The van der Waals surface area contributed by atoms with E-state index in [4.69, 9.17) is 22.1 Å². The minimum Gasteiger partial charge on any atom is -0.378 e. The van der Waals surface area contributed by atoms with Crippen LogP contribution in [0.4, 0.5) is 5.69 Å². The third-order valence-electron chi connectivity index (χ3n) is 5.10. The molecule has 26 heavy (non-hydrogen) atoms. The van der Waals surface area contributed by atoms with Gasteiger partial charge in [-0.1, -0.05) is 25.4 Å². The maximum absolute atomic E-state index is 12.8. The van der Waals surface area contributed by atoms with E-state index in [0.717, 1.165) is 0 Å². The number of nitrogens with two attached hydrogens (primary N) is 1. The van der Waals surface area contributed by atoms with E-state index in [2.05, 4.69) is 5.32 Å². The monoisotopic (exact) mass is 403 g/mol. The van der Waals surface area contributed by atoms with Crippen molar-refractivity contribution in [1.82, 2.24) is 4.90 Å². The highest BCUT2D eigenvalue weighted by molar-refractivity contribution is 6.34. The van der Waals surface area contributed by atoms with E-state index in [1.54, 1.807) is 32.3 Å². The molecule has 1 saturated carbocycles. The number of carbonyl (C=O) groups is 2. The van der Waals surface area contributed by atoms with Crippen LogP contribution in [0.1, 0.15) is 37.6 Å². The number of anilines is 1. The molecule has 1 fully saturated rings. The second-order valence-electron chi connectivity index (χ2n) is 7.19. The summed E-state index contributed by atoms with van der Waals surface area (Å²) in [5.41, 5.74) is 5.68. The van der Waals surface area contributed by atoms with Gasteiger partial charge < -0.3 is 20.7 Å². The predicted octanol–water partition coefficient (Wildman–Crippen LogP) is 2.93. The van der Waals surface area contributed by atoms with Crippen molar-refractivity contribution >= 4 is 41.5 Å². The van der Waals surface area contributed by atoms with Crippen molar-refractivity contribution in [3.8, 4) is 0 Å². The molecule has 2 rings (SSSR count). The van der Waals surface area contributed by atoms with Crippen molar-refractivity contribution < 1.29 is 14.3 Å². The van der Waals surface area contributed by atoms with Crippen LogP contribution in [-0.2, 0) is 9.53 Å². The van der Waals surface area contributed by atoms with Crippen LogP contribution in [0, 0.1) is 5.41 Å². The minimum atomic E-state index is -1.03. The molecule has 1 aliphatic carbocycles. The Labute approximate surface area is 165 Å². The van der Waals surface area contributed by atoms with Gasteiger partial charge in [-0.15, -0.1) is 12.4 Å². The number of rotatable bonds is 5. The van der Waals surface area contributed by atoms with Gasteiger partial charge >= 0.3 is 0 Å². The highest BCUT2D eigenvalue weighted by Gasteiger charge is 2.62. The molecule has 0 spiro atoms. The maximum atomic E-state index is 12.8. The van der Waals surface area contributed by atoms with Crippen LogP contribution in [0.5, 0.6) is 0 Å². The van der Waals surface area contributed by atoms with Crippen LogP contribution in [0.15, 0.2) is 18.2 Å². The minimum absolute atomic E-state index is 0. The summed E-state index contributed by atoms with van der Waals surface area (Å²) in [7, 11) is 3.28. The molecule has 2 atom stereocenters. The summed E-state index contributed by atoms with van der Waals surface area (Å²) in [6.07, 6.45) is 0.404. The molecule has 0 aromatic heterocycles. The number of halogens is 2. The molecule has 1 aromatic rings. The lowest BCUT2D eigenvalue weighted by atomic mass is 9.54. The molecule has 6 nitrogen and oxygen atoms in total. The third-order valence-corrected chi connectivity index (χ3v) is 5.43. The van der Waals surface area contributed by atoms with Crippen LogP contribution < -0.4 is 11.1 Å². The predicted molar refractivity (Wildman–Crippen MR) is 106 cm³/mol. The molecule has 0 aliphatic heterocycles. The number of amides is 2. The van der Waals surface area contributed by atoms with Gasteiger partial charge in [-0.05, 0) is 25.1 Å². The normalized spacial score (nSPS) is 23.4. The highest BCUT2D eigenvalue weighted by atomic mass is 35.5. The molecule has 8 heteroatoms. The Kier molecular flexibility index (Phi) is 7.10. The largest absolute Gasteiger partial charge is 0.378 e. The van der Waals surface area contributed by atoms with Gasteiger partial charge in [0.15, 0.2) is 0 Å². The van der Waals surface area contributed by atoms with E-state index in [0.29, 0.717) is 29.3 Å². The van der Waals surface area contributed by atoms with Crippen molar-refractivity contribution in [3.05, 3.63) is 28.8 Å². The lowest BCUT2D eigenvalue weighted by Gasteiger charge is -2.57. The van der Waals surface area contributed by atoms with Crippen molar-refractivity contribution in [2.24, 2.45) is 11.1 Å². The van der Waals surface area contributed by atoms with Crippen LogP contribution in [0.25, 0.3) is 0 Å². The van der Waals surface area contributed by atoms with Gasteiger partial charge in [0.1, 0.15) is 5.54 Å². The van der Waals surface area contributed by atoms with Gasteiger partial charge in [0.2, 0.25) is 5.91 Å². The molecule has 2 amide bonds. The Balaban J connectivity index is 0.00000338. The first-order chi connectivity index (χ1) is 11.5. The van der Waals surface area contributed by atoms with E-state index in [-0.39, 0.29) is 30.3 Å². The number of hydrogen-bond donors (Lipinski definition) is 2. The fraction of sp³-hybridized carbons (Fsp3) is 0.556. The molecular weight excluding hydrogens is 377 g/mol. The van der Waals surface area contributed by atoms with E-state index in [1.807, 2.05) is 20.8 Å². The molecule has 1 aliphatic rings. The summed E-state index contributed by atoms with van der Waals surface area (Å²) in [4.78, 5) is 26.4. The zero-order valence-corrected chi connectivity index (χ0v) is 17.3. The molecule has 2 unspecified atom stereocenters. The first-order valence-corrected chi connectivity index (χ1v) is 8.65. The third kappa shape index (κ3) is 3.83. The number of ether oxygens (including phenoxy) is 1. The van der Waals surface area contributed by atoms with Gasteiger partial charge in [-0.3, -0.25) is 9.59 Å². The summed E-state index contributed by atoms with van der Waals surface area (Å²) >= 11 is 6.10. The number of nitrogens with one attached hydrogen (secondary N) is 1. The summed E-state index contributed by atoms with van der Waals surface area (Å²) in [5, 5.41) is 3.15. The lowest BCUT2D eigenvalue weighted by molar-refractivity contribution is -0.166. The van der Waals surface area contributed by atoms with Gasteiger partial charge in [0, 0.05) is 38.2 Å². The number of nitrogens with zero attached hydrogens (tertiary/aromatic N) is 1. The van der Waals surface area contributed by atoms with Crippen molar-refractivity contribution in [2.45, 2.75) is 38.8 Å². The zero-order chi connectivity index (χ0) is 19.0. The number of benzene rings is 1. The number of carbonyl (C=O) groups excluding carboxylic acids is 2. The Bertz CT molecular complexity index is 694. The van der Waals surface area contributed by atoms with Gasteiger partial charge in [-0.25, -0.2) is 0 Å². The molecule has 0 heterocycles. The SMILES string of the molecule is CCOC1CC(N)(C(=O)Nc2ccc(Cl)c(C(=O)N(C)C)c2)C1(C)C.Cl. The fourth-order valence-corrected chi connectivity index (χ4v) is 3.27. The fourth-order valence-electron chi connectivity index (χ4n) is 3.07. The first kappa shape index (κ1) is 22.7. The van der Waals surface area contributed by atoms with E-state index < -0.39 is 11.0 Å². The summed E-state index contributed by atoms with van der Waals surface area (Å²) < 4.78 is 5.65. The summed E-state index contributed by atoms with van der Waals surface area (Å²) in [6.45, 7) is 6.36. The highest BCUT2D eigenvalue weighted by Crippen LogP contribution is 2.50. The maximum Gasteiger partial charge on any atom is 0.254 e. The quantitative estimate of drug-likeness (QED) is 0.791. The van der Waals surface area contributed by atoms with Crippen molar-refractivity contribution in [2.75, 3.05) is 26.0 Å². The Hall–Kier alpha value is -1.34. The smallest absolute Gasteiger partial charge is 0.254 e. The van der Waals surface area contributed by atoms with Crippen LogP contribution in [0.3, 0.4) is 0 Å².